The molecule has 2 amide bonds. The summed E-state index contributed by atoms with van der Waals surface area (Å²) in [5, 5.41) is 0. The van der Waals surface area contributed by atoms with E-state index in [-0.39, 0.29) is 23.2 Å². The Morgan fingerprint density at radius 2 is 1.59 bits per heavy atom. The van der Waals surface area contributed by atoms with Crippen molar-refractivity contribution in [2.45, 2.75) is 46.5 Å². The molecular formula is C29H42F2N10O3. The first-order valence-corrected chi connectivity index (χ1v) is 15.1. The number of morpholine rings is 1. The van der Waals surface area contributed by atoms with E-state index in [4.69, 9.17) is 10.5 Å². The van der Waals surface area contributed by atoms with Gasteiger partial charge in [-0.2, -0.15) is 15.0 Å². The van der Waals surface area contributed by atoms with Gasteiger partial charge in [0.2, 0.25) is 30.2 Å². The number of carbonyl (C=O) groups is 2. The lowest BCUT2D eigenvalue weighted by Gasteiger charge is -2.33. The second-order valence-electron chi connectivity index (χ2n) is 11.2. The van der Waals surface area contributed by atoms with E-state index in [1.54, 1.807) is 11.0 Å². The monoisotopic (exact) mass is 616 g/mol. The third-order valence-electron chi connectivity index (χ3n) is 7.85. The molecule has 2 aromatic rings. The SMILES string of the molecule is CCC1CCN(C(=O)C=C(C)C)CC1.Nc1ncc(-c2nc(N3CCOCC3)nc(N3CCN(C=O)CC3)n2)c(C(F)F)n1. The van der Waals surface area contributed by atoms with Crippen LogP contribution in [-0.4, -0.2) is 113 Å². The topological polar surface area (TPSA) is 147 Å². The van der Waals surface area contributed by atoms with Gasteiger partial charge in [-0.25, -0.2) is 18.7 Å². The molecule has 3 aliphatic rings. The summed E-state index contributed by atoms with van der Waals surface area (Å²) in [6, 6.07) is 0. The Labute approximate surface area is 256 Å². The van der Waals surface area contributed by atoms with Crippen LogP contribution in [0.4, 0.5) is 26.6 Å². The quantitative estimate of drug-likeness (QED) is 0.362. The third-order valence-corrected chi connectivity index (χ3v) is 7.85. The zero-order valence-corrected chi connectivity index (χ0v) is 25.7. The lowest BCUT2D eigenvalue weighted by atomic mass is 9.94. The molecule has 0 saturated carbocycles. The van der Waals surface area contributed by atoms with Gasteiger partial charge in [0.05, 0.1) is 18.8 Å². The van der Waals surface area contributed by atoms with Crippen LogP contribution < -0.4 is 15.5 Å². The summed E-state index contributed by atoms with van der Waals surface area (Å²) < 4.78 is 32.6. The van der Waals surface area contributed by atoms with E-state index in [2.05, 4.69) is 31.8 Å². The van der Waals surface area contributed by atoms with E-state index in [0.29, 0.717) is 64.4 Å². The number of carbonyl (C=O) groups excluding carboxylic acids is 2. The van der Waals surface area contributed by atoms with Crippen molar-refractivity contribution in [2.75, 3.05) is 81.1 Å². The molecule has 0 bridgehead atoms. The minimum Gasteiger partial charge on any atom is -0.378 e. The first kappa shape index (κ1) is 32.9. The first-order chi connectivity index (χ1) is 21.2. The summed E-state index contributed by atoms with van der Waals surface area (Å²) in [5.41, 5.74) is 6.06. The van der Waals surface area contributed by atoms with Gasteiger partial charge in [-0.05, 0) is 32.6 Å². The average Bonchev–Trinajstić information content (AvgIpc) is 3.05. The number of aromatic nitrogens is 5. The minimum absolute atomic E-state index is 0.00360. The number of nitrogen functional groups attached to an aromatic ring is 1. The van der Waals surface area contributed by atoms with Gasteiger partial charge >= 0.3 is 0 Å². The van der Waals surface area contributed by atoms with Gasteiger partial charge in [0.15, 0.2) is 5.82 Å². The number of hydrogen-bond acceptors (Lipinski definition) is 11. The van der Waals surface area contributed by atoms with Crippen molar-refractivity contribution >= 4 is 30.2 Å². The Morgan fingerprint density at radius 3 is 2.14 bits per heavy atom. The summed E-state index contributed by atoms with van der Waals surface area (Å²) in [7, 11) is 0. The highest BCUT2D eigenvalue weighted by Crippen LogP contribution is 2.30. The van der Waals surface area contributed by atoms with Gasteiger partial charge in [-0.1, -0.05) is 18.9 Å². The smallest absolute Gasteiger partial charge is 0.281 e. The molecule has 0 aliphatic carbocycles. The molecule has 0 spiro atoms. The number of alkyl halides is 2. The lowest BCUT2D eigenvalue weighted by molar-refractivity contribution is -0.127. The number of piperidine rings is 1. The summed E-state index contributed by atoms with van der Waals surface area (Å²) in [6.07, 6.45) is 4.49. The maximum absolute atomic E-state index is 13.6. The van der Waals surface area contributed by atoms with Crippen LogP contribution in [0.15, 0.2) is 17.8 Å². The first-order valence-electron chi connectivity index (χ1n) is 15.1. The van der Waals surface area contributed by atoms with Crippen LogP contribution in [0.1, 0.15) is 52.2 Å². The Balaban J connectivity index is 0.000000265. The lowest BCUT2D eigenvalue weighted by Crippen LogP contribution is -2.46. The Morgan fingerprint density at radius 1 is 0.977 bits per heavy atom. The predicted octanol–water partition coefficient (Wildman–Crippen LogP) is 2.56. The van der Waals surface area contributed by atoms with Gasteiger partial charge in [-0.15, -0.1) is 0 Å². The number of hydrogen-bond donors (Lipinski definition) is 1. The molecule has 3 aliphatic heterocycles. The van der Waals surface area contributed by atoms with E-state index in [1.807, 2.05) is 28.5 Å². The Hall–Kier alpha value is -4.01. The second-order valence-corrected chi connectivity index (χ2v) is 11.2. The second kappa shape index (κ2) is 15.6. The largest absolute Gasteiger partial charge is 0.378 e. The van der Waals surface area contributed by atoms with Crippen molar-refractivity contribution in [2.24, 2.45) is 5.92 Å². The molecule has 0 unspecified atom stereocenters. The molecule has 2 N–H and O–H groups in total. The number of amides is 2. The van der Waals surface area contributed by atoms with E-state index in [0.717, 1.165) is 31.0 Å². The van der Waals surface area contributed by atoms with Gasteiger partial charge in [-0.3, -0.25) is 9.59 Å². The summed E-state index contributed by atoms with van der Waals surface area (Å²) in [4.78, 5) is 51.0. The number of nitrogens with two attached hydrogens (primary N) is 1. The van der Waals surface area contributed by atoms with Gasteiger partial charge < -0.3 is 30.1 Å². The molecule has 5 rings (SSSR count). The van der Waals surface area contributed by atoms with Crippen molar-refractivity contribution in [1.29, 1.82) is 0 Å². The molecule has 15 heteroatoms. The number of piperazine rings is 1. The molecule has 240 valence electrons. The van der Waals surface area contributed by atoms with Gasteiger partial charge in [0.25, 0.3) is 6.43 Å². The van der Waals surface area contributed by atoms with Gasteiger partial charge in [0.1, 0.15) is 5.69 Å². The highest BCUT2D eigenvalue weighted by molar-refractivity contribution is 5.88. The summed E-state index contributed by atoms with van der Waals surface area (Å²) >= 11 is 0. The van der Waals surface area contributed by atoms with Crippen molar-refractivity contribution in [1.82, 2.24) is 34.7 Å². The molecule has 0 radical (unpaired) electrons. The van der Waals surface area contributed by atoms with Gasteiger partial charge in [0, 0.05) is 64.6 Å². The molecule has 5 heterocycles. The van der Waals surface area contributed by atoms with Crippen molar-refractivity contribution in [3.63, 3.8) is 0 Å². The molecule has 13 nitrogen and oxygen atoms in total. The summed E-state index contributed by atoms with van der Waals surface area (Å²) in [5.74, 6) is 1.55. The fraction of sp³-hybridized carbons (Fsp3) is 0.621. The highest BCUT2D eigenvalue weighted by Gasteiger charge is 2.26. The van der Waals surface area contributed by atoms with E-state index < -0.39 is 12.1 Å². The van der Waals surface area contributed by atoms with Crippen molar-refractivity contribution in [3.8, 4) is 11.4 Å². The molecule has 3 saturated heterocycles. The zero-order chi connectivity index (χ0) is 31.6. The van der Waals surface area contributed by atoms with E-state index in [9.17, 15) is 18.4 Å². The molecule has 3 fully saturated rings. The van der Waals surface area contributed by atoms with E-state index >= 15 is 0 Å². The van der Waals surface area contributed by atoms with Crippen molar-refractivity contribution < 1.29 is 23.1 Å². The number of rotatable bonds is 7. The molecule has 0 atom stereocenters. The number of ether oxygens (including phenoxy) is 1. The third kappa shape index (κ3) is 8.77. The van der Waals surface area contributed by atoms with Crippen molar-refractivity contribution in [3.05, 3.63) is 23.5 Å². The fourth-order valence-electron chi connectivity index (χ4n) is 5.20. The molecule has 2 aromatic heterocycles. The van der Waals surface area contributed by atoms with Crippen LogP contribution in [0.3, 0.4) is 0 Å². The number of likely N-dealkylation sites (tertiary alicyclic amines) is 1. The zero-order valence-electron chi connectivity index (χ0n) is 25.7. The number of allylic oxidation sites excluding steroid dienone is 1. The van der Waals surface area contributed by atoms with Crippen LogP contribution in [0, 0.1) is 5.92 Å². The molecule has 44 heavy (non-hydrogen) atoms. The van der Waals surface area contributed by atoms with Crippen LogP contribution >= 0.6 is 0 Å². The molecule has 0 aromatic carbocycles. The Bertz CT molecular complexity index is 1290. The average molecular weight is 617 g/mol. The van der Waals surface area contributed by atoms with Crippen LogP contribution in [-0.2, 0) is 14.3 Å². The Kier molecular flexibility index (Phi) is 11.7. The normalized spacial score (nSPS) is 17.7. The molecular weight excluding hydrogens is 574 g/mol. The summed E-state index contributed by atoms with van der Waals surface area (Å²) in [6.45, 7) is 12.3. The standard InChI is InChI=1S/C17H21F2N9O2.C12H21NO/c18-13(19)12-11(9-21-15(20)22-12)14-23-16(27-3-1-26(10-29)2-4-27)25-17(24-14)28-5-7-30-8-6-28;1-4-11-5-7-13(8-6-11)12(14)9-10(2)3/h9-10,13H,1-8H2,(H2,20,21,22);9,11H,4-8H2,1-3H3. The predicted molar refractivity (Wildman–Crippen MR) is 162 cm³/mol. The number of halogens is 2. The van der Waals surface area contributed by atoms with E-state index in [1.165, 1.54) is 25.5 Å². The maximum Gasteiger partial charge on any atom is 0.281 e. The number of anilines is 3. The van der Waals surface area contributed by atoms with Crippen LogP contribution in [0.5, 0.6) is 0 Å². The highest BCUT2D eigenvalue weighted by atomic mass is 19.3. The minimum atomic E-state index is -2.87. The fourth-order valence-corrected chi connectivity index (χ4v) is 5.20. The maximum atomic E-state index is 13.6. The van der Waals surface area contributed by atoms with Crippen LogP contribution in [0.25, 0.3) is 11.4 Å². The van der Waals surface area contributed by atoms with Crippen LogP contribution in [0.2, 0.25) is 0 Å². The number of nitrogens with zero attached hydrogens (tertiary/aromatic N) is 9.